The first-order chi connectivity index (χ1) is 9.29. The molecule has 0 fully saturated rings. The highest BCUT2D eigenvalue weighted by atomic mass is 35.5. The molecular weight excluding hydrogens is 258 g/mol. The van der Waals surface area contributed by atoms with Gasteiger partial charge in [0, 0.05) is 17.1 Å². The summed E-state index contributed by atoms with van der Waals surface area (Å²) in [5, 5.41) is 4.06. The van der Waals surface area contributed by atoms with Crippen LogP contribution in [0.5, 0.6) is 5.75 Å². The van der Waals surface area contributed by atoms with Crippen LogP contribution in [0, 0.1) is 0 Å². The average Bonchev–Trinajstić information content (AvgIpc) is 2.42. The summed E-state index contributed by atoms with van der Waals surface area (Å²) in [6, 6.07) is 5.83. The third kappa shape index (κ3) is 6.13. The van der Waals surface area contributed by atoms with E-state index in [1.807, 2.05) is 24.3 Å². The molecule has 3 heteroatoms. The van der Waals surface area contributed by atoms with Crippen LogP contribution < -0.4 is 10.1 Å². The fraction of sp³-hybridized carbons (Fsp3) is 0.500. The van der Waals surface area contributed by atoms with E-state index in [1.54, 1.807) is 0 Å². The first-order valence-electron chi connectivity index (χ1n) is 7.01. The summed E-state index contributed by atoms with van der Waals surface area (Å²) in [5.74, 6) is 0.900. The van der Waals surface area contributed by atoms with Gasteiger partial charge in [-0.2, -0.15) is 0 Å². The summed E-state index contributed by atoms with van der Waals surface area (Å²) in [5.41, 5.74) is 1.05. The second-order valence-electron chi connectivity index (χ2n) is 4.48. The summed E-state index contributed by atoms with van der Waals surface area (Å²) >= 11 is 6.22. The molecule has 1 N–H and O–H groups in total. The summed E-state index contributed by atoms with van der Waals surface area (Å²) in [7, 11) is 0. The second-order valence-corrected chi connectivity index (χ2v) is 4.89. The zero-order valence-corrected chi connectivity index (χ0v) is 12.5. The molecule has 0 heterocycles. The number of benzene rings is 1. The molecule has 19 heavy (non-hydrogen) atoms. The van der Waals surface area contributed by atoms with Crippen LogP contribution in [0.15, 0.2) is 30.9 Å². The Morgan fingerprint density at radius 2 is 2.16 bits per heavy atom. The maximum Gasteiger partial charge on any atom is 0.125 e. The molecule has 0 radical (unpaired) electrons. The Bertz CT molecular complexity index is 379. The molecule has 2 nitrogen and oxygen atoms in total. The van der Waals surface area contributed by atoms with Crippen molar-refractivity contribution in [2.75, 3.05) is 13.2 Å². The topological polar surface area (TPSA) is 21.3 Å². The lowest BCUT2D eigenvalue weighted by molar-refractivity contribution is 0.302. The van der Waals surface area contributed by atoms with Crippen LogP contribution in [0.1, 0.15) is 38.2 Å². The molecule has 0 saturated heterocycles. The van der Waals surface area contributed by atoms with E-state index in [-0.39, 0.29) is 0 Å². The monoisotopic (exact) mass is 281 g/mol. The van der Waals surface area contributed by atoms with Gasteiger partial charge in [0.25, 0.3) is 0 Å². The van der Waals surface area contributed by atoms with Crippen LogP contribution in [0.4, 0.5) is 0 Å². The predicted molar refractivity (Wildman–Crippen MR) is 83.0 cm³/mol. The number of hydrogen-bond acceptors (Lipinski definition) is 2. The number of allylic oxidation sites excluding steroid dienone is 1. The minimum atomic E-state index is 0.747. The van der Waals surface area contributed by atoms with Crippen molar-refractivity contribution >= 4 is 11.6 Å². The smallest absolute Gasteiger partial charge is 0.125 e. The molecule has 1 aromatic rings. The Morgan fingerprint density at radius 1 is 1.32 bits per heavy atom. The van der Waals surface area contributed by atoms with E-state index in [0.717, 1.165) is 48.9 Å². The van der Waals surface area contributed by atoms with Gasteiger partial charge in [0.2, 0.25) is 0 Å². The SMILES string of the molecule is C=CCCCCCOc1cccc(Cl)c1CNCC. The lowest BCUT2D eigenvalue weighted by Crippen LogP contribution is -2.13. The zero-order chi connectivity index (χ0) is 13.9. The molecule has 0 aliphatic rings. The van der Waals surface area contributed by atoms with Crippen LogP contribution >= 0.6 is 11.6 Å². The van der Waals surface area contributed by atoms with Crippen LogP contribution in [0.2, 0.25) is 5.02 Å². The van der Waals surface area contributed by atoms with Crippen LogP contribution in [0.25, 0.3) is 0 Å². The van der Waals surface area contributed by atoms with Gasteiger partial charge >= 0.3 is 0 Å². The molecule has 106 valence electrons. The largest absolute Gasteiger partial charge is 0.493 e. The van der Waals surface area contributed by atoms with E-state index in [1.165, 1.54) is 12.8 Å². The molecule has 0 bridgehead atoms. The van der Waals surface area contributed by atoms with Gasteiger partial charge in [0.05, 0.1) is 6.61 Å². The molecule has 1 rings (SSSR count). The maximum absolute atomic E-state index is 6.22. The first-order valence-corrected chi connectivity index (χ1v) is 7.39. The second kappa shape index (κ2) is 9.88. The van der Waals surface area contributed by atoms with Crippen molar-refractivity contribution < 1.29 is 4.74 Å². The molecule has 0 aliphatic heterocycles. The lowest BCUT2D eigenvalue weighted by Gasteiger charge is -2.13. The molecule has 0 aliphatic carbocycles. The van der Waals surface area contributed by atoms with Gasteiger partial charge in [-0.25, -0.2) is 0 Å². The standard InChI is InChI=1S/C16H24ClNO/c1-3-5-6-7-8-12-19-16-11-9-10-15(17)14(16)13-18-4-2/h3,9-11,18H,1,4-8,12-13H2,2H3. The number of halogens is 1. The van der Waals surface area contributed by atoms with Gasteiger partial charge in [-0.15, -0.1) is 6.58 Å². The first kappa shape index (κ1) is 16.1. The quantitative estimate of drug-likeness (QED) is 0.501. The van der Waals surface area contributed by atoms with Crippen molar-refractivity contribution in [2.45, 2.75) is 39.2 Å². The minimum absolute atomic E-state index is 0.747. The Hall–Kier alpha value is -0.990. The molecule has 1 aromatic carbocycles. The number of nitrogens with one attached hydrogen (secondary N) is 1. The third-order valence-electron chi connectivity index (χ3n) is 2.94. The van der Waals surface area contributed by atoms with Crippen LogP contribution in [-0.2, 0) is 6.54 Å². The molecular formula is C16H24ClNO. The average molecular weight is 282 g/mol. The number of rotatable bonds is 10. The summed E-state index contributed by atoms with van der Waals surface area (Å²) in [4.78, 5) is 0. The van der Waals surface area contributed by atoms with E-state index in [2.05, 4.69) is 18.8 Å². The fourth-order valence-electron chi connectivity index (χ4n) is 1.85. The van der Waals surface area contributed by atoms with Crippen LogP contribution in [0.3, 0.4) is 0 Å². The van der Waals surface area contributed by atoms with Gasteiger partial charge < -0.3 is 10.1 Å². The molecule has 0 spiro atoms. The summed E-state index contributed by atoms with van der Waals surface area (Å²) in [6.45, 7) is 8.22. The van der Waals surface area contributed by atoms with Gasteiger partial charge in [-0.3, -0.25) is 0 Å². The van der Waals surface area contributed by atoms with Crippen molar-refractivity contribution in [1.82, 2.24) is 5.32 Å². The highest BCUT2D eigenvalue weighted by molar-refractivity contribution is 6.31. The Labute approximate surface area is 121 Å². The van der Waals surface area contributed by atoms with Gasteiger partial charge in [0.1, 0.15) is 5.75 Å². The predicted octanol–water partition coefficient (Wildman–Crippen LogP) is 4.57. The Balaban J connectivity index is 2.43. The number of hydrogen-bond donors (Lipinski definition) is 1. The highest BCUT2D eigenvalue weighted by Gasteiger charge is 2.07. The normalized spacial score (nSPS) is 10.4. The van der Waals surface area contributed by atoms with Crippen molar-refractivity contribution in [1.29, 1.82) is 0 Å². The molecule has 0 atom stereocenters. The summed E-state index contributed by atoms with van der Waals surface area (Å²) < 4.78 is 5.84. The number of ether oxygens (including phenoxy) is 1. The molecule has 0 unspecified atom stereocenters. The van der Waals surface area contributed by atoms with Gasteiger partial charge in [-0.05, 0) is 44.4 Å². The third-order valence-corrected chi connectivity index (χ3v) is 3.29. The van der Waals surface area contributed by atoms with Crippen molar-refractivity contribution in [3.05, 3.63) is 41.4 Å². The van der Waals surface area contributed by atoms with Crippen molar-refractivity contribution in [3.8, 4) is 5.75 Å². The Kier molecular flexibility index (Phi) is 8.35. The van der Waals surface area contributed by atoms with Crippen molar-refractivity contribution in [3.63, 3.8) is 0 Å². The fourth-order valence-corrected chi connectivity index (χ4v) is 2.08. The lowest BCUT2D eigenvalue weighted by atomic mass is 10.2. The van der Waals surface area contributed by atoms with E-state index >= 15 is 0 Å². The van der Waals surface area contributed by atoms with E-state index < -0.39 is 0 Å². The van der Waals surface area contributed by atoms with E-state index in [9.17, 15) is 0 Å². The number of unbranched alkanes of at least 4 members (excludes halogenated alkanes) is 3. The molecule has 0 aromatic heterocycles. The highest BCUT2D eigenvalue weighted by Crippen LogP contribution is 2.26. The Morgan fingerprint density at radius 3 is 2.89 bits per heavy atom. The minimum Gasteiger partial charge on any atom is -0.493 e. The van der Waals surface area contributed by atoms with E-state index in [4.69, 9.17) is 16.3 Å². The maximum atomic E-state index is 6.22. The molecule has 0 saturated carbocycles. The molecule has 0 amide bonds. The van der Waals surface area contributed by atoms with Crippen LogP contribution in [-0.4, -0.2) is 13.2 Å². The summed E-state index contributed by atoms with van der Waals surface area (Å²) in [6.07, 6.45) is 6.48. The van der Waals surface area contributed by atoms with Crippen molar-refractivity contribution in [2.24, 2.45) is 0 Å². The van der Waals surface area contributed by atoms with Gasteiger partial charge in [0.15, 0.2) is 0 Å². The van der Waals surface area contributed by atoms with Gasteiger partial charge in [-0.1, -0.05) is 30.7 Å². The zero-order valence-electron chi connectivity index (χ0n) is 11.8. The van der Waals surface area contributed by atoms with E-state index in [0.29, 0.717) is 0 Å².